The number of fused-ring (bicyclic) bond motifs is 8. The Kier molecular flexibility index (Phi) is 23.8. The van der Waals surface area contributed by atoms with Crippen LogP contribution in [0.1, 0.15) is 152 Å². The number of nitrogens with zero attached hydrogens (tertiary/aromatic N) is 6. The van der Waals surface area contributed by atoms with Gasteiger partial charge < -0.3 is 72.9 Å². The number of nitrogen functional groups attached to an aromatic ring is 2. The minimum Gasteiger partial charge on any atom is -0.493 e. The fraction of sp³-hybridized carbons (Fsp3) is 0.500. The van der Waals surface area contributed by atoms with Crippen molar-refractivity contribution in [3.05, 3.63) is 105 Å². The number of amides is 4. The van der Waals surface area contributed by atoms with Gasteiger partial charge in [0.2, 0.25) is 35.7 Å². The molecule has 4 amide bonds. The van der Waals surface area contributed by atoms with Gasteiger partial charge in [0, 0.05) is 98.6 Å². The molecule has 0 unspecified atom stereocenters. The highest BCUT2D eigenvalue weighted by Gasteiger charge is 2.26. The maximum Gasteiger partial charge on any atom is 0.314 e. The summed E-state index contributed by atoms with van der Waals surface area (Å²) in [5, 5.41) is 25.3. The topological polar surface area (TPSA) is 297 Å². The van der Waals surface area contributed by atoms with Crippen LogP contribution in [0.4, 0.5) is 56.7 Å². The molecule has 8 bridgehead atoms. The van der Waals surface area contributed by atoms with Gasteiger partial charge >= 0.3 is 12.1 Å². The molecule has 22 heteroatoms. The van der Waals surface area contributed by atoms with Gasteiger partial charge in [-0.15, -0.1) is 0 Å². The molecule has 22 nitrogen and oxygen atoms in total. The molecule has 4 aromatic carbocycles. The molecule has 1 aliphatic carbocycles. The largest absolute Gasteiger partial charge is 0.493 e. The zero-order valence-electron chi connectivity index (χ0n) is 52.2. The van der Waals surface area contributed by atoms with Crippen molar-refractivity contribution in [2.24, 2.45) is 10.8 Å². The van der Waals surface area contributed by atoms with Crippen molar-refractivity contribution in [2.75, 3.05) is 98.4 Å². The Labute approximate surface area is 507 Å². The van der Waals surface area contributed by atoms with Crippen molar-refractivity contribution in [3.63, 3.8) is 0 Å². The number of anilines is 8. The predicted molar refractivity (Wildman–Crippen MR) is 343 cm³/mol. The Balaban J connectivity index is 1.32. The van der Waals surface area contributed by atoms with Gasteiger partial charge in [-0.05, 0) is 95.9 Å². The number of rotatable bonds is 30. The van der Waals surface area contributed by atoms with E-state index in [4.69, 9.17) is 40.4 Å². The van der Waals surface area contributed by atoms with E-state index in [0.717, 1.165) is 117 Å². The highest BCUT2D eigenvalue weighted by atomic mass is 16.5. The van der Waals surface area contributed by atoms with E-state index in [1.807, 2.05) is 41.5 Å². The van der Waals surface area contributed by atoms with Gasteiger partial charge in [0.1, 0.15) is 23.0 Å². The van der Waals surface area contributed by atoms with Crippen molar-refractivity contribution in [1.82, 2.24) is 51.2 Å². The van der Waals surface area contributed by atoms with Crippen molar-refractivity contribution in [2.45, 2.75) is 133 Å². The molecular weight excluding hydrogens is 1090 g/mol. The third-order valence-corrected chi connectivity index (χ3v) is 14.0. The van der Waals surface area contributed by atoms with Crippen molar-refractivity contribution in [3.8, 4) is 23.0 Å². The molecule has 0 aliphatic heterocycles. The highest BCUT2D eigenvalue weighted by molar-refractivity contribution is 5.74. The molecule has 0 saturated carbocycles. The zero-order chi connectivity index (χ0) is 61.6. The lowest BCUT2D eigenvalue weighted by atomic mass is 9.90. The zero-order valence-corrected chi connectivity index (χ0v) is 52.2. The maximum absolute atomic E-state index is 12.4. The Hall–Kier alpha value is -8.56. The third-order valence-electron chi connectivity index (χ3n) is 14.0. The molecule has 7 rings (SSSR count). The smallest absolute Gasteiger partial charge is 0.314 e. The van der Waals surface area contributed by atoms with E-state index in [-0.39, 0.29) is 46.7 Å². The lowest BCUT2D eigenvalue weighted by molar-refractivity contribution is 0.234. The molecule has 2 aromatic heterocycles. The average molecular weight is 1180 g/mol. The normalized spacial score (nSPS) is 12.1. The monoisotopic (exact) mass is 1180 g/mol. The Bertz CT molecular complexity index is 2910. The van der Waals surface area contributed by atoms with Gasteiger partial charge in [0.25, 0.3) is 0 Å². The second-order valence-electron chi connectivity index (χ2n) is 23.3. The summed E-state index contributed by atoms with van der Waals surface area (Å²) in [7, 11) is 0. The summed E-state index contributed by atoms with van der Waals surface area (Å²) in [6, 6.07) is 20.6. The van der Waals surface area contributed by atoms with Gasteiger partial charge in [-0.2, -0.15) is 29.9 Å². The number of urea groups is 2. The van der Waals surface area contributed by atoms with E-state index in [1.54, 1.807) is 0 Å². The second kappa shape index (κ2) is 31.5. The van der Waals surface area contributed by atoms with Gasteiger partial charge in [-0.3, -0.25) is 0 Å². The standard InChI is InChI=1S/C64H92N16O6/c1-11-23-67-61(81)71-39-63(7,8)37-69-57-75-55(65)77-59(79-57)73-49-33-45-29-41-19-17-21-43(51(41)83-25-13-3)31-47-35-50(74-60-78-56(66)76-58(80-60)70-38-64(9,10)40-72-62(82)68-24-12-2)36-48(54(47)86-28-16-6)32-44-22-18-20-42(52(44)84-26-14-4)30-46(34-49)53(45)85-27-15-5/h17-22,33-36H,11-16,23-32,37-40H2,1-10H3,(H2,67,71,81)(H2,68,72,82)(H4,65,69,73,75,77,79)(H4,66,70,74,76,78,80). The summed E-state index contributed by atoms with van der Waals surface area (Å²) in [5.41, 5.74) is 21.1. The summed E-state index contributed by atoms with van der Waals surface area (Å²) >= 11 is 0. The van der Waals surface area contributed by atoms with Gasteiger partial charge in [0.15, 0.2) is 0 Å². The highest BCUT2D eigenvalue weighted by Crippen LogP contribution is 2.42. The SMILES string of the molecule is CCCNC(=O)NCC(C)(C)CNc1nc(N)nc(Nc2cc3c(OCCC)c(c2)Cc2cccc(c2OCCC)Cc2cc(Nc4nc(N)nc(NCC(C)(C)CNC(=O)NCCC)n4)cc(c2OCCC)Cc2cccc(c2OCCC)C3)n1. The Morgan fingerprint density at radius 3 is 1.02 bits per heavy atom. The molecule has 6 aromatic rings. The molecule has 0 radical (unpaired) electrons. The van der Waals surface area contributed by atoms with Gasteiger partial charge in [0.05, 0.1) is 26.4 Å². The lowest BCUT2D eigenvalue weighted by Crippen LogP contribution is -2.43. The summed E-state index contributed by atoms with van der Waals surface area (Å²) < 4.78 is 27.4. The number of para-hydroxylation sites is 2. The van der Waals surface area contributed by atoms with Crippen LogP contribution in [-0.4, -0.2) is 108 Å². The number of carbonyl (C=O) groups excluding carboxylic acids is 2. The molecule has 0 saturated heterocycles. The number of benzene rings is 4. The summed E-state index contributed by atoms with van der Waals surface area (Å²) in [6.45, 7) is 25.5. The Morgan fingerprint density at radius 1 is 0.419 bits per heavy atom. The molecule has 0 spiro atoms. The van der Waals surface area contributed by atoms with Crippen LogP contribution in [0.15, 0.2) is 60.7 Å². The van der Waals surface area contributed by atoms with Crippen molar-refractivity contribution < 1.29 is 28.5 Å². The van der Waals surface area contributed by atoms with Crippen LogP contribution in [0.2, 0.25) is 0 Å². The van der Waals surface area contributed by atoms with Crippen molar-refractivity contribution in [1.29, 1.82) is 0 Å². The van der Waals surface area contributed by atoms with Gasteiger partial charge in [-0.25, -0.2) is 9.59 Å². The molecule has 2 heterocycles. The average Bonchev–Trinajstić information content (AvgIpc) is 1.17. The third kappa shape index (κ3) is 19.2. The number of aromatic nitrogens is 6. The quantitative estimate of drug-likeness (QED) is 0.0200. The van der Waals surface area contributed by atoms with Crippen LogP contribution in [0.25, 0.3) is 0 Å². The number of ether oxygens (including phenoxy) is 4. The van der Waals surface area contributed by atoms with E-state index in [2.05, 4.69) is 151 Å². The summed E-state index contributed by atoms with van der Waals surface area (Å²) in [4.78, 5) is 52.3. The second-order valence-corrected chi connectivity index (χ2v) is 23.3. The first-order valence-corrected chi connectivity index (χ1v) is 30.5. The molecule has 1 aliphatic rings. The van der Waals surface area contributed by atoms with Crippen LogP contribution < -0.4 is 72.9 Å². The lowest BCUT2D eigenvalue weighted by Gasteiger charge is -2.25. The van der Waals surface area contributed by atoms with E-state index in [9.17, 15) is 9.59 Å². The molecule has 86 heavy (non-hydrogen) atoms. The summed E-state index contributed by atoms with van der Waals surface area (Å²) in [5.74, 6) is 4.30. The first kappa shape index (κ1) is 65.0. The van der Waals surface area contributed by atoms with Crippen LogP contribution in [0.5, 0.6) is 23.0 Å². The number of hydrogen-bond donors (Lipinski definition) is 10. The summed E-state index contributed by atoms with van der Waals surface area (Å²) in [6.07, 6.45) is 6.68. The fourth-order valence-corrected chi connectivity index (χ4v) is 9.71. The van der Waals surface area contributed by atoms with Crippen LogP contribution >= 0.6 is 0 Å². The molecular formula is C64H92N16O6. The number of nitrogens with one attached hydrogen (secondary N) is 8. The molecule has 0 fully saturated rings. The molecule has 464 valence electrons. The maximum atomic E-state index is 12.4. The Morgan fingerprint density at radius 2 is 0.721 bits per heavy atom. The van der Waals surface area contributed by atoms with Crippen molar-refractivity contribution >= 4 is 59.1 Å². The number of nitrogens with two attached hydrogens (primary N) is 2. The van der Waals surface area contributed by atoms with E-state index in [0.29, 0.717) is 103 Å². The number of carbonyl (C=O) groups is 2. The molecule has 12 N–H and O–H groups in total. The molecule has 0 atom stereocenters. The first-order valence-electron chi connectivity index (χ1n) is 30.5. The van der Waals surface area contributed by atoms with Crippen LogP contribution in [-0.2, 0) is 25.7 Å². The fourth-order valence-electron chi connectivity index (χ4n) is 9.71. The predicted octanol–water partition coefficient (Wildman–Crippen LogP) is 10.8. The van der Waals surface area contributed by atoms with Crippen LogP contribution in [0, 0.1) is 10.8 Å². The number of hydrogen-bond acceptors (Lipinski definition) is 18. The van der Waals surface area contributed by atoms with E-state index >= 15 is 0 Å². The van der Waals surface area contributed by atoms with Gasteiger partial charge in [-0.1, -0.05) is 106 Å². The first-order chi connectivity index (χ1) is 41.4. The van der Waals surface area contributed by atoms with E-state index in [1.165, 1.54) is 0 Å². The van der Waals surface area contributed by atoms with Crippen LogP contribution in [0.3, 0.4) is 0 Å². The minimum absolute atomic E-state index is 0.0396. The van der Waals surface area contributed by atoms with E-state index < -0.39 is 0 Å². The minimum atomic E-state index is -0.361.